The second-order valence-electron chi connectivity index (χ2n) is 33.0. The number of aliphatic carboxylic acids is 1. The monoisotopic (exact) mass is 1730 g/mol. The Labute approximate surface area is 714 Å². The van der Waals surface area contributed by atoms with Crippen LogP contribution in [0.2, 0.25) is 0 Å². The zero-order valence-corrected chi connectivity index (χ0v) is 70.5. The summed E-state index contributed by atoms with van der Waals surface area (Å²) in [5.41, 5.74) is 3.00. The molecule has 2 saturated heterocycles. The number of halogens is 4. The van der Waals surface area contributed by atoms with Crippen LogP contribution in [-0.2, 0) is 128 Å². The number of Topliss-reactive ketones (excluding diaryl/α,β-unsaturated/α-hetero) is 2. The summed E-state index contributed by atoms with van der Waals surface area (Å²) in [7, 11) is 7.62. The van der Waals surface area contributed by atoms with Crippen molar-refractivity contribution in [2.24, 2.45) is 11.8 Å². The van der Waals surface area contributed by atoms with Crippen molar-refractivity contribution in [1.29, 1.82) is 0 Å². The maximum atomic E-state index is 16.3. The fourth-order valence-electron chi connectivity index (χ4n) is 15.6. The molecule has 0 aliphatic carbocycles. The smallest absolute Gasteiger partial charge is 0.490 e. The number of methoxy groups -OCH3 is 1. The van der Waals surface area contributed by atoms with Crippen LogP contribution < -0.4 is 42.0 Å². The Hall–Kier alpha value is -11.6. The molecule has 12 rings (SSSR count). The number of carboxylic acid groups (broad SMARTS) is 1. The molecule has 0 saturated carbocycles. The predicted octanol–water partition coefficient (Wildman–Crippen LogP) is 2.32. The van der Waals surface area contributed by atoms with Gasteiger partial charge in [-0.05, 0) is 123 Å². The van der Waals surface area contributed by atoms with Crippen molar-refractivity contribution in [1.82, 2.24) is 71.5 Å². The Morgan fingerprint density at radius 1 is 0.726 bits per heavy atom. The standard InChI is InChI=1S/C84H108FN15O17.C2HF3O2/c1-52-78(108)91-66-40-57-10-8-11-58(38-57)45-87-75(106)51-117-72-25-30-98-77(72)71(103)44-64(53(2)101)79(109)92-67(39-55-16-19-63(114-7)20-17-55)82(112)99-29-9-27-84(99,3)83(113)86-28-24-54-12-14-56(15-13-54)47-95(76(107)23-22-74(105)90-68(80(110)89-52)46-88-73(104)26-34-115-36-37-116-35-33-100(4,5)6)31-32-97-50-62(93-94-97)49-96-48-60(41-59(81(98)111)42-70(66)102)65-43-61(85)18-21-69(65)96;3-2(4,5)1(6)7/h8,10-21,38,43,48,50,52-53,59,64,66-68,72,77,101H,9,22-37,39-42,44-47,49,51H2,1-7H3,(H6-,86,87,88,89,90,91,92,104,105,106,108,109,110,113);(H,6,7)/p+1/t52-,53-,59-,64+,66+,67+,68+,72+,77-,84+;/m1./s1. The highest BCUT2D eigenvalue weighted by atomic mass is 19.4. The molecular weight excluding hydrogens is 1620 g/mol. The van der Waals surface area contributed by atoms with E-state index in [2.05, 4.69) is 47.5 Å². The van der Waals surface area contributed by atoms with Gasteiger partial charge in [0.15, 0.2) is 11.6 Å². The van der Waals surface area contributed by atoms with Gasteiger partial charge in [0.2, 0.25) is 59.1 Å². The van der Waals surface area contributed by atoms with Crippen molar-refractivity contribution in [3.8, 4) is 5.75 Å². The number of quaternary nitrogens is 1. The molecule has 9 N–H and O–H groups in total. The van der Waals surface area contributed by atoms with Gasteiger partial charge in [-0.25, -0.2) is 9.18 Å². The number of carbonyl (C=O) groups excluding carboxylic acids is 12. The fraction of sp³-hybridized carbons (Fsp3) is 0.523. The van der Waals surface area contributed by atoms with Crippen LogP contribution in [0.15, 0.2) is 103 Å². The number of carboxylic acids is 1. The molecule has 0 spiro atoms. The van der Waals surface area contributed by atoms with E-state index < -0.39 is 181 Å². The van der Waals surface area contributed by atoms with Crippen molar-refractivity contribution in [2.45, 2.75) is 178 Å². The first-order valence-electron chi connectivity index (χ1n) is 41.4. The van der Waals surface area contributed by atoms with E-state index in [4.69, 9.17) is 28.8 Å². The van der Waals surface area contributed by atoms with E-state index >= 15 is 28.4 Å². The molecule has 124 heavy (non-hydrogen) atoms. The average Bonchev–Trinajstić information content (AvgIpc) is 1.64. The molecule has 8 heterocycles. The third kappa shape index (κ3) is 26.5. The number of hydrogen-bond donors (Lipinski definition) is 9. The number of carbonyl (C=O) groups is 13. The minimum absolute atomic E-state index is 0.0102. The lowest BCUT2D eigenvalue weighted by molar-refractivity contribution is -0.870. The molecule has 34 nitrogen and oxygen atoms in total. The van der Waals surface area contributed by atoms with Crippen molar-refractivity contribution >= 4 is 87.5 Å². The Morgan fingerprint density at radius 2 is 1.44 bits per heavy atom. The minimum atomic E-state index is -5.08. The summed E-state index contributed by atoms with van der Waals surface area (Å²) in [6.45, 7) is 5.17. The lowest BCUT2D eigenvalue weighted by Gasteiger charge is -2.37. The lowest BCUT2D eigenvalue weighted by Crippen LogP contribution is -2.60. The molecule has 10 atom stereocenters. The molecule has 4 aromatic carbocycles. The van der Waals surface area contributed by atoms with Gasteiger partial charge in [-0.15, -0.1) is 5.10 Å². The van der Waals surface area contributed by atoms with Gasteiger partial charge in [0.05, 0.1) is 98.1 Å². The Kier molecular flexibility index (Phi) is 32.9. The quantitative estimate of drug-likeness (QED) is 0.0405. The highest BCUT2D eigenvalue weighted by molar-refractivity contribution is 6.00. The molecule has 6 aliphatic heterocycles. The number of aliphatic hydroxyl groups excluding tert-OH is 1. The van der Waals surface area contributed by atoms with E-state index in [1.54, 1.807) is 88.1 Å². The molecule has 2 aromatic heterocycles. The number of amides is 10. The first-order chi connectivity index (χ1) is 58.9. The summed E-state index contributed by atoms with van der Waals surface area (Å²) in [5, 5.41) is 47.7. The molecule has 2 fully saturated rings. The van der Waals surface area contributed by atoms with Crippen LogP contribution in [0.25, 0.3) is 10.9 Å². The average molecular weight is 1730 g/mol. The maximum absolute atomic E-state index is 16.3. The Balaban J connectivity index is 0.00000220. The van der Waals surface area contributed by atoms with Crippen LogP contribution in [0.4, 0.5) is 17.6 Å². The number of aliphatic hydroxyl groups is 1. The number of nitrogens with zero attached hydrogens (tertiary/aromatic N) is 8. The van der Waals surface area contributed by atoms with E-state index in [-0.39, 0.29) is 117 Å². The molecule has 10 amide bonds. The van der Waals surface area contributed by atoms with Crippen molar-refractivity contribution < 1.29 is 114 Å². The third-order valence-electron chi connectivity index (χ3n) is 22.6. The number of ketones is 2. The summed E-state index contributed by atoms with van der Waals surface area (Å²) in [6.07, 6.45) is -6.58. The first kappa shape index (κ1) is 94.6. The van der Waals surface area contributed by atoms with Crippen molar-refractivity contribution in [2.75, 3.05) is 101 Å². The molecule has 0 radical (unpaired) electrons. The van der Waals surface area contributed by atoms with Gasteiger partial charge in [-0.3, -0.25) is 62.2 Å². The molecule has 14 bridgehead atoms. The van der Waals surface area contributed by atoms with Gasteiger partial charge >= 0.3 is 12.1 Å². The van der Waals surface area contributed by atoms with E-state index in [1.807, 2.05) is 45.4 Å². The summed E-state index contributed by atoms with van der Waals surface area (Å²) < 4.78 is 74.8. The number of nitrogens with one attached hydrogen (secondary N) is 7. The van der Waals surface area contributed by atoms with Crippen LogP contribution in [0.3, 0.4) is 0 Å². The van der Waals surface area contributed by atoms with Crippen LogP contribution in [0.5, 0.6) is 5.75 Å². The van der Waals surface area contributed by atoms with Gasteiger partial charge in [0.25, 0.3) is 0 Å². The normalized spacial score (nSPS) is 23.5. The number of alkyl halides is 3. The number of benzene rings is 4. The SMILES string of the molecule is COc1ccc(C[C@@H]2NC(=O)[C@H]([C@@H](C)O)CC(=O)[C@@H]3[C@@H]4CCN3C(=O)[C@H]3CC(=O)[C@H](Cc5cccc(c5)CNC(=O)CO4)NC(=O)[C@@H](C)NC(=O)[C@H](CNC(=O)CCOCCOCC[N+](C)(C)C)NC(=O)CCC(=O)N(CCn4cc(nn4)Cn4cc(c5cc(F)ccc54)C3)Cc3ccc(cc3)CCNC(=O)[C@]3(C)CCCN3C2=O)cc1.O=C(O)C(F)(F)F. The van der Waals surface area contributed by atoms with E-state index in [0.29, 0.717) is 74.1 Å². The molecule has 670 valence electrons. The first-order valence-corrected chi connectivity index (χ1v) is 41.4. The maximum Gasteiger partial charge on any atom is 0.490 e. The van der Waals surface area contributed by atoms with E-state index in [0.717, 1.165) is 12.1 Å². The Bertz CT molecular complexity index is 4830. The van der Waals surface area contributed by atoms with Crippen LogP contribution >= 0.6 is 0 Å². The van der Waals surface area contributed by atoms with Crippen LogP contribution in [-0.4, -0.2) is 280 Å². The summed E-state index contributed by atoms with van der Waals surface area (Å²) in [5.74, 6) is -14.5. The highest BCUT2D eigenvalue weighted by Crippen LogP contribution is 2.35. The second kappa shape index (κ2) is 43.1. The van der Waals surface area contributed by atoms with Crippen molar-refractivity contribution in [3.63, 3.8) is 0 Å². The molecule has 38 heteroatoms. The highest BCUT2D eigenvalue weighted by Gasteiger charge is 2.50. The fourth-order valence-corrected chi connectivity index (χ4v) is 15.6. The topological polar surface area (TPSA) is 429 Å². The number of aromatic nitrogens is 4. The molecule has 6 aliphatic rings. The molecule has 0 unspecified atom stereocenters. The van der Waals surface area contributed by atoms with Crippen molar-refractivity contribution in [3.05, 3.63) is 148 Å². The summed E-state index contributed by atoms with van der Waals surface area (Å²) in [4.78, 5) is 192. The van der Waals surface area contributed by atoms with Crippen LogP contribution in [0.1, 0.15) is 111 Å². The summed E-state index contributed by atoms with van der Waals surface area (Å²) >= 11 is 0. The lowest BCUT2D eigenvalue weighted by atomic mass is 9.87. The summed E-state index contributed by atoms with van der Waals surface area (Å²) in [6, 6.07) is 17.6. The van der Waals surface area contributed by atoms with Gasteiger partial charge in [0, 0.05) is 107 Å². The van der Waals surface area contributed by atoms with Gasteiger partial charge in [-0.2, -0.15) is 13.2 Å². The third-order valence-corrected chi connectivity index (χ3v) is 22.6. The van der Waals surface area contributed by atoms with Gasteiger partial charge in [-0.1, -0.05) is 65.9 Å². The predicted molar refractivity (Wildman–Crippen MR) is 438 cm³/mol. The Morgan fingerprint density at radius 3 is 2.15 bits per heavy atom. The largest absolute Gasteiger partial charge is 0.497 e. The molecule has 6 aromatic rings. The van der Waals surface area contributed by atoms with E-state index in [1.165, 1.54) is 42.9 Å². The molecular formula is C86H110F4N15O19+. The second-order valence-corrected chi connectivity index (χ2v) is 33.0. The zero-order valence-electron chi connectivity index (χ0n) is 70.5. The van der Waals surface area contributed by atoms with E-state index in [9.17, 15) is 51.8 Å². The number of hydrogen-bond acceptors (Lipinski definition) is 20. The number of ether oxygens (including phenoxy) is 4. The zero-order chi connectivity index (χ0) is 89.7. The van der Waals surface area contributed by atoms with Crippen LogP contribution in [0, 0.1) is 17.7 Å². The number of likely N-dealkylation sites (N-methyl/N-ethyl adjacent to an activating group) is 1. The number of fused-ring (bicyclic) bond motifs is 16. The van der Waals surface area contributed by atoms with Gasteiger partial charge < -0.3 is 90.1 Å². The number of rotatable bonds is 15. The minimum Gasteiger partial charge on any atom is -0.497 e. The van der Waals surface area contributed by atoms with Gasteiger partial charge in [0.1, 0.15) is 60.1 Å².